The zero-order chi connectivity index (χ0) is 23.9. The maximum Gasteiger partial charge on any atom is 0.408 e. The summed E-state index contributed by atoms with van der Waals surface area (Å²) in [5.74, 6) is -3.90. The van der Waals surface area contributed by atoms with Crippen LogP contribution in [-0.4, -0.2) is 65.1 Å². The number of carbonyl (C=O) groups excluding carboxylic acids is 4. The van der Waals surface area contributed by atoms with Crippen LogP contribution in [0, 0.1) is 0 Å². The summed E-state index contributed by atoms with van der Waals surface area (Å²) in [6, 6.07) is 8.57. The van der Waals surface area contributed by atoms with Crippen molar-refractivity contribution in [2.75, 3.05) is 7.11 Å². The molecule has 2 aliphatic rings. The molecule has 8 nitrogen and oxygen atoms in total. The maximum atomic E-state index is 13.7. The Morgan fingerprint density at radius 2 is 1.55 bits per heavy atom. The van der Waals surface area contributed by atoms with Crippen LogP contribution in [-0.2, 0) is 20.7 Å². The lowest BCUT2D eigenvalue weighted by molar-refractivity contribution is -0.146. The summed E-state index contributed by atoms with van der Waals surface area (Å²) in [5.41, 5.74) is 0.547. The highest BCUT2D eigenvalue weighted by molar-refractivity contribution is 6.21. The number of hydrazine groups is 1. The van der Waals surface area contributed by atoms with E-state index >= 15 is 0 Å². The first-order valence-corrected chi connectivity index (χ1v) is 9.90. The fraction of sp³-hybridized carbons (Fsp3) is 0.273. The van der Waals surface area contributed by atoms with Crippen molar-refractivity contribution in [2.45, 2.75) is 30.7 Å². The molecule has 0 spiro atoms. The Labute approximate surface area is 185 Å². The van der Waals surface area contributed by atoms with E-state index in [1.807, 2.05) is 0 Å². The number of nitrogens with one attached hydrogen (secondary N) is 1. The first-order chi connectivity index (χ1) is 15.6. The Bertz CT molecular complexity index is 1090. The second kappa shape index (κ2) is 8.32. The number of benzene rings is 2. The highest BCUT2D eigenvalue weighted by atomic mass is 19.4. The van der Waals surface area contributed by atoms with Crippen LogP contribution in [0.15, 0.2) is 54.6 Å². The Balaban J connectivity index is 1.57. The molecule has 0 saturated carbocycles. The molecule has 3 amide bonds. The molecule has 33 heavy (non-hydrogen) atoms. The van der Waals surface area contributed by atoms with E-state index in [9.17, 15) is 32.3 Å². The van der Waals surface area contributed by atoms with Gasteiger partial charge in [0, 0.05) is 6.42 Å². The lowest BCUT2D eigenvalue weighted by Gasteiger charge is -2.18. The number of nitrogens with zero attached hydrogens (tertiary/aromatic N) is 2. The van der Waals surface area contributed by atoms with Crippen molar-refractivity contribution in [1.29, 1.82) is 0 Å². The number of hydrogen-bond acceptors (Lipinski definition) is 6. The third-order valence-corrected chi connectivity index (χ3v) is 5.47. The van der Waals surface area contributed by atoms with Gasteiger partial charge >= 0.3 is 12.1 Å². The number of amides is 3. The number of fused-ring (bicyclic) bond motifs is 1. The van der Waals surface area contributed by atoms with E-state index in [1.54, 1.807) is 30.3 Å². The second-order valence-corrected chi connectivity index (χ2v) is 7.55. The molecule has 0 bridgehead atoms. The number of esters is 1. The third-order valence-electron chi connectivity index (χ3n) is 5.47. The number of ether oxygens (including phenoxy) is 1. The van der Waals surface area contributed by atoms with Crippen molar-refractivity contribution in [1.82, 2.24) is 15.3 Å². The largest absolute Gasteiger partial charge is 0.467 e. The van der Waals surface area contributed by atoms with E-state index in [0.717, 1.165) is 7.11 Å². The molecule has 2 aromatic carbocycles. The van der Waals surface area contributed by atoms with Crippen LogP contribution in [0.4, 0.5) is 13.2 Å². The van der Waals surface area contributed by atoms with Gasteiger partial charge in [0.05, 0.1) is 18.2 Å². The summed E-state index contributed by atoms with van der Waals surface area (Å²) in [4.78, 5) is 50.3. The smallest absolute Gasteiger partial charge is 0.408 e. The zero-order valence-electron chi connectivity index (χ0n) is 17.2. The monoisotopic (exact) mass is 461 g/mol. The van der Waals surface area contributed by atoms with Crippen LogP contribution < -0.4 is 5.32 Å². The van der Waals surface area contributed by atoms with Gasteiger partial charge in [-0.3, -0.25) is 14.4 Å². The molecule has 0 radical (unpaired) electrons. The minimum absolute atomic E-state index is 0.0182. The average Bonchev–Trinajstić information content (AvgIpc) is 3.49. The first-order valence-electron chi connectivity index (χ1n) is 9.90. The Kier molecular flexibility index (Phi) is 5.66. The maximum absolute atomic E-state index is 13.7. The predicted octanol–water partition coefficient (Wildman–Crippen LogP) is 1.71. The minimum Gasteiger partial charge on any atom is -0.467 e. The van der Waals surface area contributed by atoms with Crippen LogP contribution in [0.5, 0.6) is 0 Å². The molecule has 2 heterocycles. The van der Waals surface area contributed by atoms with Crippen LogP contribution in [0.2, 0.25) is 0 Å². The van der Waals surface area contributed by atoms with E-state index < -0.39 is 48.0 Å². The molecular formula is C22H18F3N3O5. The Morgan fingerprint density at radius 1 is 1.00 bits per heavy atom. The first kappa shape index (κ1) is 22.5. The van der Waals surface area contributed by atoms with E-state index in [0.29, 0.717) is 15.6 Å². The summed E-state index contributed by atoms with van der Waals surface area (Å²) in [5, 5.41) is 3.02. The van der Waals surface area contributed by atoms with Crippen molar-refractivity contribution >= 4 is 23.7 Å². The van der Waals surface area contributed by atoms with Crippen molar-refractivity contribution < 1.29 is 37.1 Å². The molecule has 1 N–H and O–H groups in total. The second-order valence-electron chi connectivity index (χ2n) is 7.55. The number of carbonyl (C=O) groups is 4. The molecule has 0 aliphatic carbocycles. The topological polar surface area (TPSA) is 95.8 Å². The molecule has 1 unspecified atom stereocenters. The van der Waals surface area contributed by atoms with Gasteiger partial charge < -0.3 is 10.1 Å². The highest BCUT2D eigenvalue weighted by Crippen LogP contribution is 2.45. The summed E-state index contributed by atoms with van der Waals surface area (Å²) < 4.78 is 45.7. The van der Waals surface area contributed by atoms with Crippen LogP contribution in [0.1, 0.15) is 26.3 Å². The average molecular weight is 461 g/mol. The van der Waals surface area contributed by atoms with E-state index in [2.05, 4.69) is 10.1 Å². The SMILES string of the molecule is COC(=O)[C@H](Cc1ccccc1)NC(=O)[C@H]1[C@H](C(F)(F)F)N1N1C(=O)c2ccccc2C1=O. The van der Waals surface area contributed by atoms with Crippen LogP contribution in [0.25, 0.3) is 0 Å². The van der Waals surface area contributed by atoms with Gasteiger partial charge in [-0.2, -0.15) is 18.2 Å². The van der Waals surface area contributed by atoms with Crippen molar-refractivity contribution in [3.63, 3.8) is 0 Å². The van der Waals surface area contributed by atoms with Gasteiger partial charge in [0.25, 0.3) is 11.8 Å². The lowest BCUT2D eigenvalue weighted by atomic mass is 10.1. The fourth-order valence-corrected chi connectivity index (χ4v) is 3.89. The van der Waals surface area contributed by atoms with E-state index in [-0.39, 0.29) is 17.5 Å². The molecule has 1 fully saturated rings. The zero-order valence-corrected chi connectivity index (χ0v) is 17.2. The molecule has 2 aromatic rings. The molecule has 0 aromatic heterocycles. The molecule has 2 aliphatic heterocycles. The van der Waals surface area contributed by atoms with Crippen molar-refractivity contribution in [3.05, 3.63) is 71.3 Å². The van der Waals surface area contributed by atoms with Gasteiger partial charge in [-0.15, -0.1) is 0 Å². The number of halogens is 3. The van der Waals surface area contributed by atoms with Crippen LogP contribution in [0.3, 0.4) is 0 Å². The van der Waals surface area contributed by atoms with Gasteiger partial charge in [-0.25, -0.2) is 9.80 Å². The number of hydrogen-bond donors (Lipinski definition) is 1. The number of methoxy groups -OCH3 is 1. The molecule has 11 heteroatoms. The van der Waals surface area contributed by atoms with Crippen molar-refractivity contribution in [3.8, 4) is 0 Å². The summed E-state index contributed by atoms with van der Waals surface area (Å²) in [7, 11) is 1.09. The van der Waals surface area contributed by atoms with Gasteiger partial charge in [0.2, 0.25) is 5.91 Å². The van der Waals surface area contributed by atoms with Gasteiger partial charge in [-0.1, -0.05) is 42.5 Å². The molecule has 1 saturated heterocycles. The van der Waals surface area contributed by atoms with Crippen LogP contribution >= 0.6 is 0 Å². The van der Waals surface area contributed by atoms with E-state index in [1.165, 1.54) is 24.3 Å². The normalized spacial score (nSPS) is 22.5. The quantitative estimate of drug-likeness (QED) is 0.400. The summed E-state index contributed by atoms with van der Waals surface area (Å²) in [6.45, 7) is 0. The van der Waals surface area contributed by atoms with Crippen molar-refractivity contribution in [2.24, 2.45) is 0 Å². The molecular weight excluding hydrogens is 443 g/mol. The molecule has 172 valence electrons. The number of alkyl halides is 3. The summed E-state index contributed by atoms with van der Waals surface area (Å²) in [6.07, 6.45) is -4.92. The fourth-order valence-electron chi connectivity index (χ4n) is 3.89. The molecule has 4 atom stereocenters. The lowest BCUT2D eigenvalue weighted by Crippen LogP contribution is -2.47. The Morgan fingerprint density at radius 3 is 2.06 bits per heavy atom. The third kappa shape index (κ3) is 4.07. The minimum atomic E-state index is -4.91. The summed E-state index contributed by atoms with van der Waals surface area (Å²) >= 11 is 0. The van der Waals surface area contributed by atoms with E-state index in [4.69, 9.17) is 0 Å². The van der Waals surface area contributed by atoms with Gasteiger partial charge in [-0.05, 0) is 17.7 Å². The Hall–Kier alpha value is -3.73. The standard InChI is InChI=1S/C22H18F3N3O5/c1-33-21(32)15(11-12-7-3-2-4-8-12)26-18(29)16-17(22(23,24)25)27(16)28-19(30)13-9-5-6-10-14(13)20(28)31/h2-10,15-17H,11H2,1H3,(H,26,29)/t15-,16+,17+,27?/m0/s1. The van der Waals surface area contributed by atoms with Gasteiger partial charge in [0.1, 0.15) is 12.1 Å². The number of rotatable bonds is 6. The van der Waals surface area contributed by atoms with Gasteiger partial charge in [0.15, 0.2) is 6.04 Å². The predicted molar refractivity (Wildman–Crippen MR) is 107 cm³/mol. The highest BCUT2D eigenvalue weighted by Gasteiger charge is 2.71. The molecule has 4 rings (SSSR count). The number of imide groups is 1.